The summed E-state index contributed by atoms with van der Waals surface area (Å²) in [5, 5.41) is 2.97. The maximum atomic E-state index is 11.8. The number of rotatable bonds is 8. The molecule has 1 unspecified atom stereocenters. The molecule has 0 bridgehead atoms. The quantitative estimate of drug-likeness (QED) is 0.755. The van der Waals surface area contributed by atoms with Crippen molar-refractivity contribution in [3.63, 3.8) is 0 Å². The maximum absolute atomic E-state index is 11.8. The fourth-order valence-corrected chi connectivity index (χ4v) is 2.25. The first kappa shape index (κ1) is 15.7. The van der Waals surface area contributed by atoms with Gasteiger partial charge in [-0.2, -0.15) is 0 Å². The van der Waals surface area contributed by atoms with Gasteiger partial charge in [-0.25, -0.2) is 0 Å². The summed E-state index contributed by atoms with van der Waals surface area (Å²) in [4.78, 5) is 11.8. The van der Waals surface area contributed by atoms with Crippen LogP contribution in [0.5, 0.6) is 0 Å². The van der Waals surface area contributed by atoms with Crippen molar-refractivity contribution in [2.75, 3.05) is 13.1 Å². The standard InChI is InChI=1S/C16H26N2O/c1-13(2)10-15(12-17)11-16(19)18-9-8-14-6-4-3-5-7-14/h3-7,13,15H,8-12,17H2,1-2H3,(H,18,19). The average Bonchev–Trinajstić information content (AvgIpc) is 2.38. The first-order valence-corrected chi connectivity index (χ1v) is 7.12. The van der Waals surface area contributed by atoms with Crippen molar-refractivity contribution in [3.8, 4) is 0 Å². The van der Waals surface area contributed by atoms with E-state index in [4.69, 9.17) is 5.73 Å². The predicted octanol–water partition coefficient (Wildman–Crippen LogP) is 2.36. The van der Waals surface area contributed by atoms with Crippen molar-refractivity contribution >= 4 is 5.91 Å². The van der Waals surface area contributed by atoms with Crippen LogP contribution in [0, 0.1) is 11.8 Å². The Morgan fingerprint density at radius 2 is 1.95 bits per heavy atom. The van der Waals surface area contributed by atoms with E-state index in [9.17, 15) is 4.79 Å². The van der Waals surface area contributed by atoms with Crippen molar-refractivity contribution < 1.29 is 4.79 Å². The van der Waals surface area contributed by atoms with Gasteiger partial charge in [-0.1, -0.05) is 44.2 Å². The molecule has 1 aromatic carbocycles. The summed E-state index contributed by atoms with van der Waals surface area (Å²) in [7, 11) is 0. The molecule has 0 spiro atoms. The van der Waals surface area contributed by atoms with E-state index in [2.05, 4.69) is 31.3 Å². The highest BCUT2D eigenvalue weighted by Gasteiger charge is 2.13. The van der Waals surface area contributed by atoms with E-state index in [0.717, 1.165) is 12.8 Å². The van der Waals surface area contributed by atoms with Gasteiger partial charge in [-0.05, 0) is 36.8 Å². The molecular formula is C16H26N2O. The van der Waals surface area contributed by atoms with Crippen molar-refractivity contribution in [2.24, 2.45) is 17.6 Å². The highest BCUT2D eigenvalue weighted by atomic mass is 16.1. The molecule has 0 fully saturated rings. The van der Waals surface area contributed by atoms with Gasteiger partial charge < -0.3 is 11.1 Å². The molecule has 3 N–H and O–H groups in total. The molecule has 19 heavy (non-hydrogen) atoms. The summed E-state index contributed by atoms with van der Waals surface area (Å²) < 4.78 is 0. The van der Waals surface area contributed by atoms with Crippen LogP contribution in [0.3, 0.4) is 0 Å². The molecule has 0 aliphatic heterocycles. The molecule has 1 aromatic rings. The Morgan fingerprint density at radius 3 is 2.53 bits per heavy atom. The molecule has 3 heteroatoms. The zero-order chi connectivity index (χ0) is 14.1. The van der Waals surface area contributed by atoms with Gasteiger partial charge >= 0.3 is 0 Å². The third kappa shape index (κ3) is 6.97. The second-order valence-electron chi connectivity index (χ2n) is 5.52. The number of carbonyl (C=O) groups excluding carboxylic acids is 1. The Hall–Kier alpha value is -1.35. The van der Waals surface area contributed by atoms with Gasteiger partial charge in [0.05, 0.1) is 0 Å². The molecule has 1 amide bonds. The minimum absolute atomic E-state index is 0.118. The van der Waals surface area contributed by atoms with Crippen LogP contribution in [0.15, 0.2) is 30.3 Å². The third-order valence-electron chi connectivity index (χ3n) is 3.19. The van der Waals surface area contributed by atoms with Gasteiger partial charge in [-0.3, -0.25) is 4.79 Å². The summed E-state index contributed by atoms with van der Waals surface area (Å²) in [6.45, 7) is 5.61. The summed E-state index contributed by atoms with van der Waals surface area (Å²) in [5.74, 6) is 1.01. The van der Waals surface area contributed by atoms with Crippen LogP contribution in [0.1, 0.15) is 32.3 Å². The van der Waals surface area contributed by atoms with Crippen LogP contribution < -0.4 is 11.1 Å². The van der Waals surface area contributed by atoms with Crippen LogP contribution >= 0.6 is 0 Å². The van der Waals surface area contributed by atoms with Gasteiger partial charge in [0, 0.05) is 13.0 Å². The molecule has 0 saturated heterocycles. The van der Waals surface area contributed by atoms with Gasteiger partial charge in [0.2, 0.25) is 5.91 Å². The normalized spacial score (nSPS) is 12.4. The largest absolute Gasteiger partial charge is 0.356 e. The van der Waals surface area contributed by atoms with E-state index >= 15 is 0 Å². The topological polar surface area (TPSA) is 55.1 Å². The summed E-state index contributed by atoms with van der Waals surface area (Å²) >= 11 is 0. The van der Waals surface area contributed by atoms with Crippen molar-refractivity contribution in [3.05, 3.63) is 35.9 Å². The van der Waals surface area contributed by atoms with E-state index in [-0.39, 0.29) is 5.91 Å². The van der Waals surface area contributed by atoms with Crippen molar-refractivity contribution in [2.45, 2.75) is 33.1 Å². The monoisotopic (exact) mass is 262 g/mol. The van der Waals surface area contributed by atoms with Gasteiger partial charge in [0.15, 0.2) is 0 Å². The Labute approximate surface area is 116 Å². The molecule has 0 aromatic heterocycles. The molecule has 0 saturated carbocycles. The second-order valence-corrected chi connectivity index (χ2v) is 5.52. The lowest BCUT2D eigenvalue weighted by molar-refractivity contribution is -0.122. The lowest BCUT2D eigenvalue weighted by atomic mass is 9.94. The molecule has 1 atom stereocenters. The number of carbonyl (C=O) groups is 1. The van der Waals surface area contributed by atoms with Crippen LogP contribution in [-0.4, -0.2) is 19.0 Å². The minimum Gasteiger partial charge on any atom is -0.356 e. The zero-order valence-corrected chi connectivity index (χ0v) is 12.1. The smallest absolute Gasteiger partial charge is 0.220 e. The molecule has 0 aliphatic rings. The zero-order valence-electron chi connectivity index (χ0n) is 12.1. The first-order valence-electron chi connectivity index (χ1n) is 7.12. The van der Waals surface area contributed by atoms with Gasteiger partial charge in [0.1, 0.15) is 0 Å². The number of hydrogen-bond acceptors (Lipinski definition) is 2. The summed E-state index contributed by atoms with van der Waals surface area (Å²) in [5.41, 5.74) is 6.96. The van der Waals surface area contributed by atoms with Crippen LogP contribution in [0.25, 0.3) is 0 Å². The van der Waals surface area contributed by atoms with Crippen LogP contribution in [-0.2, 0) is 11.2 Å². The van der Waals surface area contributed by atoms with Gasteiger partial charge in [-0.15, -0.1) is 0 Å². The highest BCUT2D eigenvalue weighted by molar-refractivity contribution is 5.76. The van der Waals surface area contributed by atoms with Gasteiger partial charge in [0.25, 0.3) is 0 Å². The molecule has 0 radical (unpaired) electrons. The van der Waals surface area contributed by atoms with Crippen molar-refractivity contribution in [1.29, 1.82) is 0 Å². The third-order valence-corrected chi connectivity index (χ3v) is 3.19. The number of nitrogens with one attached hydrogen (secondary N) is 1. The lowest BCUT2D eigenvalue weighted by Gasteiger charge is -2.16. The molecule has 0 aliphatic carbocycles. The predicted molar refractivity (Wildman–Crippen MR) is 79.8 cm³/mol. The minimum atomic E-state index is 0.118. The Bertz CT molecular complexity index is 362. The second kappa shape index (κ2) is 8.70. The SMILES string of the molecule is CC(C)CC(CN)CC(=O)NCCc1ccccc1. The van der Waals surface area contributed by atoms with E-state index < -0.39 is 0 Å². The first-order chi connectivity index (χ1) is 9.11. The lowest BCUT2D eigenvalue weighted by Crippen LogP contribution is -2.30. The fraction of sp³-hybridized carbons (Fsp3) is 0.562. The van der Waals surface area contributed by atoms with E-state index in [1.165, 1.54) is 5.56 Å². The number of hydrogen-bond donors (Lipinski definition) is 2. The molecule has 1 rings (SSSR count). The molecule has 0 heterocycles. The number of benzene rings is 1. The molecule has 3 nitrogen and oxygen atoms in total. The van der Waals surface area contributed by atoms with E-state index in [1.54, 1.807) is 0 Å². The average molecular weight is 262 g/mol. The summed E-state index contributed by atoms with van der Waals surface area (Å²) in [6.07, 6.45) is 2.44. The molecular weight excluding hydrogens is 236 g/mol. The highest BCUT2D eigenvalue weighted by Crippen LogP contribution is 2.13. The Morgan fingerprint density at radius 1 is 1.26 bits per heavy atom. The van der Waals surface area contributed by atoms with Crippen LogP contribution in [0.2, 0.25) is 0 Å². The van der Waals surface area contributed by atoms with Crippen LogP contribution in [0.4, 0.5) is 0 Å². The number of amides is 1. The maximum Gasteiger partial charge on any atom is 0.220 e. The Balaban J connectivity index is 2.23. The van der Waals surface area contributed by atoms with E-state index in [0.29, 0.717) is 31.3 Å². The summed E-state index contributed by atoms with van der Waals surface area (Å²) in [6, 6.07) is 10.2. The fourth-order valence-electron chi connectivity index (χ4n) is 2.25. The Kier molecular flexibility index (Phi) is 7.19. The van der Waals surface area contributed by atoms with E-state index in [1.807, 2.05) is 18.2 Å². The van der Waals surface area contributed by atoms with Crippen molar-refractivity contribution in [1.82, 2.24) is 5.32 Å². The molecule has 106 valence electrons. The number of nitrogens with two attached hydrogens (primary N) is 1.